The zero-order valence-corrected chi connectivity index (χ0v) is 8.84. The summed E-state index contributed by atoms with van der Waals surface area (Å²) in [6.45, 7) is 12.2. The lowest BCUT2D eigenvalue weighted by atomic mass is 9.82. The van der Waals surface area contributed by atoms with Crippen LogP contribution >= 0.6 is 0 Å². The van der Waals surface area contributed by atoms with Gasteiger partial charge in [0, 0.05) is 0 Å². The van der Waals surface area contributed by atoms with E-state index in [9.17, 15) is 0 Å². The van der Waals surface area contributed by atoms with Gasteiger partial charge >= 0.3 is 0 Å². The summed E-state index contributed by atoms with van der Waals surface area (Å²) in [6.07, 6.45) is 8.11. The zero-order chi connectivity index (χ0) is 9.84. The van der Waals surface area contributed by atoms with Gasteiger partial charge in [0.1, 0.15) is 0 Å². The third-order valence-electron chi connectivity index (χ3n) is 3.08. The van der Waals surface area contributed by atoms with Crippen LogP contribution in [0.1, 0.15) is 33.1 Å². The third kappa shape index (κ3) is 2.58. The molecule has 1 aliphatic carbocycles. The summed E-state index contributed by atoms with van der Waals surface area (Å²) < 4.78 is 0. The van der Waals surface area contributed by atoms with Crippen LogP contribution in [0.3, 0.4) is 0 Å². The van der Waals surface area contributed by atoms with Crippen LogP contribution in [0.25, 0.3) is 0 Å². The van der Waals surface area contributed by atoms with E-state index in [1.165, 1.54) is 24.8 Å². The van der Waals surface area contributed by atoms with Crippen molar-refractivity contribution in [1.82, 2.24) is 0 Å². The van der Waals surface area contributed by atoms with Crippen molar-refractivity contribution in [3.63, 3.8) is 0 Å². The summed E-state index contributed by atoms with van der Waals surface area (Å²) in [5.74, 6) is 1.28. The number of allylic oxidation sites excluding steroid dienone is 4. The summed E-state index contributed by atoms with van der Waals surface area (Å²) in [5, 5.41) is 0. The fourth-order valence-electron chi connectivity index (χ4n) is 1.87. The van der Waals surface area contributed by atoms with Crippen molar-refractivity contribution in [1.29, 1.82) is 0 Å². The first kappa shape index (κ1) is 10.3. The van der Waals surface area contributed by atoms with Gasteiger partial charge in [0.05, 0.1) is 0 Å². The average Bonchev–Trinajstić information content (AvgIpc) is 2.17. The predicted molar refractivity (Wildman–Crippen MR) is 59.6 cm³/mol. The van der Waals surface area contributed by atoms with Crippen LogP contribution in [0.5, 0.6) is 0 Å². The Hall–Kier alpha value is -0.780. The molecule has 0 radical (unpaired) electrons. The van der Waals surface area contributed by atoms with Crippen molar-refractivity contribution in [3.05, 3.63) is 36.5 Å². The van der Waals surface area contributed by atoms with Gasteiger partial charge in [-0.05, 0) is 38.0 Å². The van der Waals surface area contributed by atoms with Gasteiger partial charge in [-0.1, -0.05) is 36.8 Å². The van der Waals surface area contributed by atoms with E-state index in [1.807, 2.05) is 6.08 Å². The average molecular weight is 176 g/mol. The molecule has 1 rings (SSSR count). The number of rotatable bonds is 3. The van der Waals surface area contributed by atoms with Crippen molar-refractivity contribution >= 4 is 0 Å². The van der Waals surface area contributed by atoms with Gasteiger partial charge in [-0.25, -0.2) is 0 Å². The van der Waals surface area contributed by atoms with E-state index in [2.05, 4.69) is 33.1 Å². The minimum Gasteiger partial charge on any atom is -0.102 e. The van der Waals surface area contributed by atoms with Gasteiger partial charge in [-0.2, -0.15) is 0 Å². The van der Waals surface area contributed by atoms with Crippen LogP contribution in [0.4, 0.5) is 0 Å². The summed E-state index contributed by atoms with van der Waals surface area (Å²) in [6, 6.07) is 0. The number of hydrogen-bond donors (Lipinski definition) is 0. The van der Waals surface area contributed by atoms with E-state index in [0.717, 1.165) is 5.92 Å². The topological polar surface area (TPSA) is 0 Å². The summed E-state index contributed by atoms with van der Waals surface area (Å²) in [7, 11) is 0. The molecule has 0 heterocycles. The zero-order valence-electron chi connectivity index (χ0n) is 8.84. The lowest BCUT2D eigenvalue weighted by Crippen LogP contribution is -2.09. The van der Waals surface area contributed by atoms with Crippen LogP contribution in [-0.4, -0.2) is 0 Å². The summed E-state index contributed by atoms with van der Waals surface area (Å²) in [5.41, 5.74) is 2.90. The van der Waals surface area contributed by atoms with E-state index in [0.29, 0.717) is 5.92 Å². The van der Waals surface area contributed by atoms with E-state index in [4.69, 9.17) is 0 Å². The molecule has 0 nitrogen and oxygen atoms in total. The molecule has 0 amide bonds. The minimum atomic E-state index is 0.561. The Morgan fingerprint density at radius 1 is 1.69 bits per heavy atom. The maximum atomic E-state index is 4.02. The molecule has 0 saturated heterocycles. The molecule has 1 unspecified atom stereocenters. The third-order valence-corrected chi connectivity index (χ3v) is 3.08. The van der Waals surface area contributed by atoms with E-state index in [1.54, 1.807) is 5.57 Å². The van der Waals surface area contributed by atoms with E-state index < -0.39 is 0 Å². The molecule has 0 N–H and O–H groups in total. The molecule has 0 fully saturated rings. The van der Waals surface area contributed by atoms with Crippen LogP contribution in [0, 0.1) is 11.8 Å². The smallest absolute Gasteiger partial charge is 0.00543 e. The molecule has 0 aromatic carbocycles. The molecule has 2 atom stereocenters. The Morgan fingerprint density at radius 3 is 2.77 bits per heavy atom. The van der Waals surface area contributed by atoms with Crippen LogP contribution < -0.4 is 0 Å². The van der Waals surface area contributed by atoms with E-state index in [-0.39, 0.29) is 0 Å². The highest BCUT2D eigenvalue weighted by Crippen LogP contribution is 2.31. The van der Waals surface area contributed by atoms with Gasteiger partial charge in [0.2, 0.25) is 0 Å². The Morgan fingerprint density at radius 2 is 2.38 bits per heavy atom. The van der Waals surface area contributed by atoms with Gasteiger partial charge in [0.25, 0.3) is 0 Å². The highest BCUT2D eigenvalue weighted by Gasteiger charge is 2.16. The van der Waals surface area contributed by atoms with Crippen molar-refractivity contribution < 1.29 is 0 Å². The normalized spacial score (nSPS) is 24.8. The second-order valence-electron chi connectivity index (χ2n) is 4.12. The summed E-state index contributed by atoms with van der Waals surface area (Å²) >= 11 is 0. The standard InChI is InChI=1S/C13H20/c1-5-11(4)13-8-6-12(7-9-13)10(2)3/h5,8,11-12H,1-2,6-7,9H2,3-4H3/t11?,12-/m0/s1. The maximum Gasteiger partial charge on any atom is -0.00543 e. The Balaban J connectivity index is 2.57. The molecule has 13 heavy (non-hydrogen) atoms. The van der Waals surface area contributed by atoms with Gasteiger partial charge in [0.15, 0.2) is 0 Å². The summed E-state index contributed by atoms with van der Waals surface area (Å²) in [4.78, 5) is 0. The molecule has 1 aliphatic rings. The molecular weight excluding hydrogens is 156 g/mol. The molecule has 0 bridgehead atoms. The fraction of sp³-hybridized carbons (Fsp3) is 0.538. The van der Waals surface area contributed by atoms with Crippen LogP contribution in [0.15, 0.2) is 36.5 Å². The lowest BCUT2D eigenvalue weighted by molar-refractivity contribution is 0.521. The van der Waals surface area contributed by atoms with Crippen molar-refractivity contribution in [2.24, 2.45) is 11.8 Å². The minimum absolute atomic E-state index is 0.561. The quantitative estimate of drug-likeness (QED) is 0.568. The van der Waals surface area contributed by atoms with Crippen LogP contribution in [0.2, 0.25) is 0 Å². The Kier molecular flexibility index (Phi) is 3.53. The van der Waals surface area contributed by atoms with Crippen molar-refractivity contribution in [2.75, 3.05) is 0 Å². The molecule has 0 heteroatoms. The predicted octanol–water partition coefficient (Wildman–Crippen LogP) is 4.11. The largest absolute Gasteiger partial charge is 0.102 e. The SMILES string of the molecule is C=CC(C)C1=CC[C@H](C(=C)C)CC1. The van der Waals surface area contributed by atoms with E-state index >= 15 is 0 Å². The molecule has 0 spiro atoms. The molecule has 72 valence electrons. The van der Waals surface area contributed by atoms with Crippen molar-refractivity contribution in [3.8, 4) is 0 Å². The maximum absolute atomic E-state index is 4.02. The first-order valence-electron chi connectivity index (χ1n) is 5.12. The highest BCUT2D eigenvalue weighted by atomic mass is 14.2. The Bertz CT molecular complexity index is 232. The molecule has 0 aliphatic heterocycles. The first-order chi connectivity index (χ1) is 6.15. The molecular formula is C13H20. The van der Waals surface area contributed by atoms with Crippen molar-refractivity contribution in [2.45, 2.75) is 33.1 Å². The fourth-order valence-corrected chi connectivity index (χ4v) is 1.87. The molecule has 0 aromatic rings. The highest BCUT2D eigenvalue weighted by molar-refractivity contribution is 5.16. The van der Waals surface area contributed by atoms with Gasteiger partial charge in [-0.15, -0.1) is 6.58 Å². The van der Waals surface area contributed by atoms with Gasteiger partial charge < -0.3 is 0 Å². The second-order valence-corrected chi connectivity index (χ2v) is 4.12. The molecule has 0 saturated carbocycles. The first-order valence-corrected chi connectivity index (χ1v) is 5.12. The van der Waals surface area contributed by atoms with Gasteiger partial charge in [-0.3, -0.25) is 0 Å². The molecule has 0 aromatic heterocycles. The second kappa shape index (κ2) is 4.45. The van der Waals surface area contributed by atoms with Crippen LogP contribution in [-0.2, 0) is 0 Å². The lowest BCUT2D eigenvalue weighted by Gasteiger charge is -2.24. The number of hydrogen-bond acceptors (Lipinski definition) is 0. The monoisotopic (exact) mass is 176 g/mol. The Labute approximate surface area is 82.0 Å².